The Bertz CT molecular complexity index is 1300. The maximum absolute atomic E-state index is 12.5. The molecule has 1 unspecified atom stereocenters. The topological polar surface area (TPSA) is 62.2 Å². The number of benzene rings is 2. The molecule has 0 radical (unpaired) electrons. The molecule has 9 rings (SSSR count). The van der Waals surface area contributed by atoms with Crippen LogP contribution in [-0.2, 0) is 22.2 Å². The van der Waals surface area contributed by atoms with Gasteiger partial charge in [0.25, 0.3) is 0 Å². The summed E-state index contributed by atoms with van der Waals surface area (Å²) in [7, 11) is 1.82. The van der Waals surface area contributed by atoms with Gasteiger partial charge < -0.3 is 19.7 Å². The molecule has 2 aliphatic heterocycles. The first kappa shape index (κ1) is 22.9. The van der Waals surface area contributed by atoms with Gasteiger partial charge in [-0.2, -0.15) is 0 Å². The van der Waals surface area contributed by atoms with Crippen molar-refractivity contribution in [2.24, 2.45) is 17.3 Å². The molecule has 5 heteroatoms. The number of nitrogens with zero attached hydrogens (tertiary/aromatic N) is 1. The smallest absolute Gasteiger partial charge is 0.165 e. The number of hydrogen-bond donors (Lipinski definition) is 2. The summed E-state index contributed by atoms with van der Waals surface area (Å²) in [5, 5.41) is 23.6. The van der Waals surface area contributed by atoms with Gasteiger partial charge in [0.2, 0.25) is 0 Å². The first-order valence-corrected chi connectivity index (χ1v) is 14.4. The highest BCUT2D eigenvalue weighted by atomic mass is 16.6. The van der Waals surface area contributed by atoms with Crippen LogP contribution in [0.1, 0.15) is 67.7 Å². The van der Waals surface area contributed by atoms with E-state index in [1.165, 1.54) is 30.5 Å². The lowest BCUT2D eigenvalue weighted by Crippen LogP contribution is -2.82. The highest BCUT2D eigenvalue weighted by Gasteiger charge is 2.82. The third kappa shape index (κ3) is 2.53. The summed E-state index contributed by atoms with van der Waals surface area (Å²) in [6.45, 7) is 6.39. The number of phenols is 1. The number of likely N-dealkylation sites (tertiary alicyclic amines) is 1. The summed E-state index contributed by atoms with van der Waals surface area (Å²) < 4.78 is 13.6. The number of phenolic OH excluding ortho intramolecular Hbond substituents is 1. The molecular weight excluding hydrogens is 462 g/mol. The second-order valence-electron chi connectivity index (χ2n) is 13.4. The minimum absolute atomic E-state index is 0.00548. The van der Waals surface area contributed by atoms with E-state index in [-0.39, 0.29) is 28.6 Å². The first-order chi connectivity index (χ1) is 17.8. The molecule has 2 heterocycles. The molecule has 2 aromatic rings. The third-order valence-corrected chi connectivity index (χ3v) is 12.0. The Labute approximate surface area is 219 Å². The Balaban J connectivity index is 1.36. The largest absolute Gasteiger partial charge is 0.504 e. The fourth-order valence-corrected chi connectivity index (χ4v) is 10.4. The second kappa shape index (κ2) is 7.11. The Kier molecular flexibility index (Phi) is 4.39. The van der Waals surface area contributed by atoms with E-state index in [1.807, 2.05) is 32.2 Å². The van der Waals surface area contributed by atoms with Crippen molar-refractivity contribution in [3.05, 3.63) is 58.7 Å². The van der Waals surface area contributed by atoms with E-state index in [0.29, 0.717) is 11.8 Å². The number of rotatable bonds is 5. The monoisotopic (exact) mass is 501 g/mol. The molecule has 5 nitrogen and oxygen atoms in total. The minimum atomic E-state index is -1.06. The molecule has 1 saturated heterocycles. The number of aliphatic hydroxyl groups is 1. The van der Waals surface area contributed by atoms with Crippen molar-refractivity contribution >= 4 is 0 Å². The number of ether oxygens (including phenoxy) is 2. The number of fused-ring (bicyclic) bond motifs is 2. The maximum Gasteiger partial charge on any atom is 0.165 e. The quantitative estimate of drug-likeness (QED) is 0.614. The summed E-state index contributed by atoms with van der Waals surface area (Å²) in [6.07, 6.45) is 7.43. The highest BCUT2D eigenvalue weighted by Crippen LogP contribution is 2.78. The third-order valence-electron chi connectivity index (χ3n) is 12.0. The van der Waals surface area contributed by atoms with Crippen LogP contribution in [0.2, 0.25) is 0 Å². The van der Waals surface area contributed by atoms with Gasteiger partial charge in [-0.05, 0) is 94.0 Å². The Morgan fingerprint density at radius 3 is 2.70 bits per heavy atom. The Morgan fingerprint density at radius 1 is 1.14 bits per heavy atom. The van der Waals surface area contributed by atoms with Crippen molar-refractivity contribution in [3.63, 3.8) is 0 Å². The van der Waals surface area contributed by atoms with Gasteiger partial charge >= 0.3 is 0 Å². The molecule has 2 aromatic carbocycles. The average molecular weight is 502 g/mol. The van der Waals surface area contributed by atoms with E-state index >= 15 is 0 Å². The van der Waals surface area contributed by atoms with Crippen LogP contribution in [0.15, 0.2) is 36.4 Å². The van der Waals surface area contributed by atoms with Crippen LogP contribution >= 0.6 is 0 Å². The number of methoxy groups -OCH3 is 1. The fourth-order valence-electron chi connectivity index (χ4n) is 10.4. The van der Waals surface area contributed by atoms with Crippen LogP contribution in [0.25, 0.3) is 0 Å². The number of piperidine rings is 1. The highest BCUT2D eigenvalue weighted by molar-refractivity contribution is 5.63. The van der Waals surface area contributed by atoms with Crippen LogP contribution in [0.4, 0.5) is 0 Å². The van der Waals surface area contributed by atoms with Gasteiger partial charge in [-0.1, -0.05) is 30.3 Å². The van der Waals surface area contributed by atoms with Crippen LogP contribution in [-0.4, -0.2) is 53.1 Å². The predicted octanol–water partition coefficient (Wildman–Crippen LogP) is 4.83. The zero-order valence-electron chi connectivity index (χ0n) is 22.3. The van der Waals surface area contributed by atoms with Gasteiger partial charge in [-0.25, -0.2) is 0 Å². The van der Waals surface area contributed by atoms with Crippen LogP contribution in [0.5, 0.6) is 11.5 Å². The van der Waals surface area contributed by atoms with E-state index in [9.17, 15) is 10.2 Å². The van der Waals surface area contributed by atoms with Crippen molar-refractivity contribution < 1.29 is 19.7 Å². The maximum atomic E-state index is 12.5. The summed E-state index contributed by atoms with van der Waals surface area (Å²) in [5.74, 6) is 1.68. The van der Waals surface area contributed by atoms with Crippen molar-refractivity contribution in [3.8, 4) is 11.5 Å². The van der Waals surface area contributed by atoms with E-state index in [1.54, 1.807) is 0 Å². The first-order valence-electron chi connectivity index (χ1n) is 14.4. The average Bonchev–Trinajstić information content (AvgIpc) is 3.63. The Morgan fingerprint density at radius 2 is 1.95 bits per heavy atom. The molecule has 37 heavy (non-hydrogen) atoms. The van der Waals surface area contributed by atoms with Gasteiger partial charge in [-0.3, -0.25) is 4.90 Å². The SMILES string of the molecule is CO[C@]12CC[C@@]3(C[C@@H]1C(C)(O)c1ccccc1C)[C@H]1Cc4ccc(O)c5c4[C@@]3(CCN1CC1CC1)[C@H]2O5. The van der Waals surface area contributed by atoms with Gasteiger partial charge in [0, 0.05) is 42.0 Å². The van der Waals surface area contributed by atoms with Gasteiger partial charge in [0.1, 0.15) is 11.7 Å². The molecule has 4 saturated carbocycles. The minimum Gasteiger partial charge on any atom is -0.504 e. The van der Waals surface area contributed by atoms with E-state index < -0.39 is 11.2 Å². The zero-order chi connectivity index (χ0) is 25.4. The van der Waals surface area contributed by atoms with E-state index in [2.05, 4.69) is 30.0 Å². The molecule has 5 aliphatic carbocycles. The fraction of sp³-hybridized carbons (Fsp3) is 0.625. The molecule has 2 N–H and O–H groups in total. The Hall–Kier alpha value is -2.08. The van der Waals surface area contributed by atoms with Crippen LogP contribution < -0.4 is 4.74 Å². The molecule has 0 amide bonds. The number of aryl methyl sites for hydroxylation is 1. The normalized spacial score (nSPS) is 40.7. The lowest BCUT2D eigenvalue weighted by molar-refractivity contribution is -0.304. The molecule has 4 bridgehead atoms. The summed E-state index contributed by atoms with van der Waals surface area (Å²) in [5.41, 5.74) is 2.86. The summed E-state index contributed by atoms with van der Waals surface area (Å²) in [4.78, 5) is 2.82. The lowest BCUT2D eigenvalue weighted by Gasteiger charge is -2.75. The van der Waals surface area contributed by atoms with Gasteiger partial charge in [-0.15, -0.1) is 0 Å². The van der Waals surface area contributed by atoms with Crippen LogP contribution in [0, 0.1) is 24.2 Å². The van der Waals surface area contributed by atoms with Gasteiger partial charge in [0.15, 0.2) is 11.5 Å². The predicted molar refractivity (Wildman–Crippen MR) is 141 cm³/mol. The van der Waals surface area contributed by atoms with Crippen molar-refractivity contribution in [2.75, 3.05) is 20.2 Å². The summed E-state index contributed by atoms with van der Waals surface area (Å²) in [6, 6.07) is 12.7. The van der Waals surface area contributed by atoms with Crippen molar-refractivity contribution in [1.82, 2.24) is 4.90 Å². The van der Waals surface area contributed by atoms with E-state index in [4.69, 9.17) is 9.47 Å². The molecule has 7 aliphatic rings. The zero-order valence-corrected chi connectivity index (χ0v) is 22.3. The number of aromatic hydroxyl groups is 1. The second-order valence-corrected chi connectivity index (χ2v) is 13.4. The molecular formula is C32H39NO4. The summed E-state index contributed by atoms with van der Waals surface area (Å²) >= 11 is 0. The van der Waals surface area contributed by atoms with Crippen molar-refractivity contribution in [1.29, 1.82) is 0 Å². The standard InChI is InChI=1S/C32H39NO4/c1-19-6-4-5-7-22(19)29(2,35)24-17-30-12-13-32(24,36-3)28-31(30)14-15-33(18-20-8-9-20)25(30)16-21-10-11-23(34)27(37-28)26(21)31/h4-7,10-11,20,24-25,28,34-35H,8-9,12-18H2,1-3H3/t24-,25-,28-,29?,30-,31+,32-/m1/s1. The molecule has 0 aromatic heterocycles. The van der Waals surface area contributed by atoms with Gasteiger partial charge in [0.05, 0.1) is 5.60 Å². The number of hydrogen-bond acceptors (Lipinski definition) is 5. The molecule has 2 spiro atoms. The lowest BCUT2D eigenvalue weighted by atomic mass is 9.33. The molecule has 7 atom stereocenters. The molecule has 5 fully saturated rings. The molecule has 196 valence electrons. The van der Waals surface area contributed by atoms with Crippen LogP contribution in [0.3, 0.4) is 0 Å². The van der Waals surface area contributed by atoms with E-state index in [0.717, 1.165) is 55.7 Å². The van der Waals surface area contributed by atoms with Crippen molar-refractivity contribution in [2.45, 2.75) is 87.6 Å².